The fraction of sp³-hybridized carbons (Fsp3) is 0.647. The molecule has 0 aliphatic carbocycles. The largest absolute Gasteiger partial charge is 0.494 e. The molecule has 1 saturated heterocycles. The second kappa shape index (κ2) is 6.36. The van der Waals surface area contributed by atoms with Crippen LogP contribution in [0.2, 0.25) is 5.02 Å². The van der Waals surface area contributed by atoms with E-state index in [4.69, 9.17) is 21.1 Å². The first-order chi connectivity index (χ1) is 9.49. The molecule has 1 aliphatic heterocycles. The number of ether oxygens (including phenoxy) is 2. The maximum atomic E-state index is 6.45. The van der Waals surface area contributed by atoms with Gasteiger partial charge in [0.25, 0.3) is 0 Å². The molecule has 1 heterocycles. The molecule has 0 bridgehead atoms. The van der Waals surface area contributed by atoms with Crippen LogP contribution in [0.4, 0.5) is 0 Å². The molecule has 3 atom stereocenters. The van der Waals surface area contributed by atoms with Gasteiger partial charge in [-0.05, 0) is 63.6 Å². The zero-order valence-electron chi connectivity index (χ0n) is 13.1. The molecule has 20 heavy (non-hydrogen) atoms. The number of hydrogen-bond acceptors (Lipinski definition) is 2. The summed E-state index contributed by atoms with van der Waals surface area (Å²) in [5, 5.41) is 0.867. The van der Waals surface area contributed by atoms with Crippen molar-refractivity contribution >= 4 is 11.6 Å². The van der Waals surface area contributed by atoms with Crippen molar-refractivity contribution in [3.8, 4) is 5.75 Å². The highest BCUT2D eigenvalue weighted by Gasteiger charge is 2.37. The SMILES string of the molecule is CCOc1cc(C)c(Cl)c(C)c1C(CC)CC1OC1C. The molecule has 3 heteroatoms. The lowest BCUT2D eigenvalue weighted by Crippen LogP contribution is -2.09. The summed E-state index contributed by atoms with van der Waals surface area (Å²) in [5.41, 5.74) is 3.52. The molecule has 1 aliphatic rings. The van der Waals surface area contributed by atoms with Gasteiger partial charge in [-0.1, -0.05) is 18.5 Å². The van der Waals surface area contributed by atoms with Gasteiger partial charge in [0, 0.05) is 10.6 Å². The van der Waals surface area contributed by atoms with Crippen LogP contribution in [0.25, 0.3) is 0 Å². The Kier molecular flexibility index (Phi) is 4.98. The monoisotopic (exact) mass is 296 g/mol. The van der Waals surface area contributed by atoms with Crippen LogP contribution in [0.15, 0.2) is 6.07 Å². The van der Waals surface area contributed by atoms with E-state index in [-0.39, 0.29) is 0 Å². The summed E-state index contributed by atoms with van der Waals surface area (Å²) < 4.78 is 11.5. The molecule has 1 fully saturated rings. The number of hydrogen-bond donors (Lipinski definition) is 0. The highest BCUT2D eigenvalue weighted by molar-refractivity contribution is 6.32. The Morgan fingerprint density at radius 3 is 2.50 bits per heavy atom. The number of benzene rings is 1. The Hall–Kier alpha value is -0.730. The van der Waals surface area contributed by atoms with E-state index in [2.05, 4.69) is 26.8 Å². The Morgan fingerprint density at radius 1 is 1.35 bits per heavy atom. The van der Waals surface area contributed by atoms with E-state index in [0.717, 1.165) is 34.7 Å². The Labute approximate surface area is 127 Å². The molecule has 0 N–H and O–H groups in total. The molecular weight excluding hydrogens is 272 g/mol. The van der Waals surface area contributed by atoms with Crippen molar-refractivity contribution < 1.29 is 9.47 Å². The van der Waals surface area contributed by atoms with Crippen molar-refractivity contribution in [2.45, 2.75) is 65.6 Å². The highest BCUT2D eigenvalue weighted by atomic mass is 35.5. The maximum Gasteiger partial charge on any atom is 0.123 e. The number of rotatable bonds is 6. The van der Waals surface area contributed by atoms with Crippen LogP contribution < -0.4 is 4.74 Å². The standard InChI is InChI=1S/C17H25ClO2/c1-6-13(9-14-12(5)20-14)16-11(4)17(18)10(3)8-15(16)19-7-2/h8,12-14H,6-7,9H2,1-5H3. The van der Waals surface area contributed by atoms with Crippen LogP contribution in [-0.2, 0) is 4.74 Å². The lowest BCUT2D eigenvalue weighted by atomic mass is 9.86. The molecule has 0 spiro atoms. The minimum atomic E-state index is 0.397. The van der Waals surface area contributed by atoms with E-state index >= 15 is 0 Å². The molecule has 2 rings (SSSR count). The lowest BCUT2D eigenvalue weighted by molar-refractivity contribution is 0.326. The summed E-state index contributed by atoms with van der Waals surface area (Å²) in [6.07, 6.45) is 2.93. The van der Waals surface area contributed by atoms with Crippen LogP contribution in [0.3, 0.4) is 0 Å². The summed E-state index contributed by atoms with van der Waals surface area (Å²) in [6, 6.07) is 2.08. The van der Waals surface area contributed by atoms with Gasteiger partial charge in [0.05, 0.1) is 18.8 Å². The maximum absolute atomic E-state index is 6.45. The molecule has 0 amide bonds. The third-order valence-corrected chi connectivity index (χ3v) is 4.83. The van der Waals surface area contributed by atoms with E-state index in [9.17, 15) is 0 Å². The van der Waals surface area contributed by atoms with Crippen LogP contribution in [0.1, 0.15) is 56.2 Å². The van der Waals surface area contributed by atoms with Gasteiger partial charge in [-0.25, -0.2) is 0 Å². The van der Waals surface area contributed by atoms with E-state index < -0.39 is 0 Å². The minimum absolute atomic E-state index is 0.397. The third kappa shape index (κ3) is 3.12. The molecule has 1 aromatic rings. The first kappa shape index (κ1) is 15.7. The summed E-state index contributed by atoms with van der Waals surface area (Å²) in [4.78, 5) is 0. The van der Waals surface area contributed by atoms with E-state index in [0.29, 0.717) is 24.7 Å². The predicted molar refractivity (Wildman–Crippen MR) is 84.1 cm³/mol. The van der Waals surface area contributed by atoms with Crippen molar-refractivity contribution in [2.24, 2.45) is 0 Å². The Balaban J connectivity index is 2.37. The lowest BCUT2D eigenvalue weighted by Gasteiger charge is -2.23. The van der Waals surface area contributed by atoms with Crippen molar-refractivity contribution in [3.63, 3.8) is 0 Å². The average molecular weight is 297 g/mol. The van der Waals surface area contributed by atoms with Crippen molar-refractivity contribution in [1.29, 1.82) is 0 Å². The van der Waals surface area contributed by atoms with E-state index in [1.54, 1.807) is 0 Å². The van der Waals surface area contributed by atoms with Crippen molar-refractivity contribution in [1.82, 2.24) is 0 Å². The van der Waals surface area contributed by atoms with Crippen molar-refractivity contribution in [3.05, 3.63) is 27.8 Å². The summed E-state index contributed by atoms with van der Waals surface area (Å²) >= 11 is 6.45. The smallest absolute Gasteiger partial charge is 0.123 e. The summed E-state index contributed by atoms with van der Waals surface area (Å²) in [7, 11) is 0. The quantitative estimate of drug-likeness (QED) is 0.687. The Bertz CT molecular complexity index is 484. The first-order valence-electron chi connectivity index (χ1n) is 7.57. The average Bonchev–Trinajstić information content (AvgIpc) is 3.10. The molecule has 112 valence electrons. The van der Waals surface area contributed by atoms with E-state index in [1.165, 1.54) is 5.56 Å². The summed E-state index contributed by atoms with van der Waals surface area (Å²) in [6.45, 7) is 11.2. The second-order valence-electron chi connectivity index (χ2n) is 5.70. The first-order valence-corrected chi connectivity index (χ1v) is 7.95. The van der Waals surface area contributed by atoms with Gasteiger partial charge in [-0.2, -0.15) is 0 Å². The third-order valence-electron chi connectivity index (χ3n) is 4.25. The number of epoxide rings is 1. The van der Waals surface area contributed by atoms with Crippen LogP contribution in [0, 0.1) is 13.8 Å². The fourth-order valence-electron chi connectivity index (χ4n) is 2.97. The van der Waals surface area contributed by atoms with Gasteiger partial charge in [0.15, 0.2) is 0 Å². The molecule has 2 nitrogen and oxygen atoms in total. The fourth-order valence-corrected chi connectivity index (χ4v) is 3.12. The van der Waals surface area contributed by atoms with Gasteiger partial charge in [-0.15, -0.1) is 0 Å². The molecule has 1 aromatic carbocycles. The van der Waals surface area contributed by atoms with Gasteiger partial charge >= 0.3 is 0 Å². The summed E-state index contributed by atoms with van der Waals surface area (Å²) in [5.74, 6) is 1.44. The van der Waals surface area contributed by atoms with Gasteiger partial charge in [-0.3, -0.25) is 0 Å². The molecule has 0 aromatic heterocycles. The molecular formula is C17H25ClO2. The number of halogens is 1. The van der Waals surface area contributed by atoms with Crippen molar-refractivity contribution in [2.75, 3.05) is 6.61 Å². The van der Waals surface area contributed by atoms with E-state index in [1.807, 2.05) is 13.8 Å². The van der Waals surface area contributed by atoms with Crippen LogP contribution in [0.5, 0.6) is 5.75 Å². The van der Waals surface area contributed by atoms with Gasteiger partial charge in [0.1, 0.15) is 5.75 Å². The topological polar surface area (TPSA) is 21.8 Å². The minimum Gasteiger partial charge on any atom is -0.494 e. The normalized spacial score (nSPS) is 22.7. The molecule has 3 unspecified atom stereocenters. The highest BCUT2D eigenvalue weighted by Crippen LogP contribution is 2.42. The van der Waals surface area contributed by atoms with Crippen LogP contribution >= 0.6 is 11.6 Å². The number of aryl methyl sites for hydroxylation is 1. The zero-order valence-corrected chi connectivity index (χ0v) is 13.9. The van der Waals surface area contributed by atoms with Gasteiger partial charge < -0.3 is 9.47 Å². The molecule has 0 radical (unpaired) electrons. The van der Waals surface area contributed by atoms with Gasteiger partial charge in [0.2, 0.25) is 0 Å². The second-order valence-corrected chi connectivity index (χ2v) is 6.08. The predicted octanol–water partition coefficient (Wildman–Crippen LogP) is 5.03. The Morgan fingerprint density at radius 2 is 2.00 bits per heavy atom. The van der Waals surface area contributed by atoms with Crippen LogP contribution in [-0.4, -0.2) is 18.8 Å². The zero-order chi connectivity index (χ0) is 14.9. The molecule has 0 saturated carbocycles.